The summed E-state index contributed by atoms with van der Waals surface area (Å²) in [5.41, 5.74) is 8.25. The zero-order valence-electron chi connectivity index (χ0n) is 13.8. The molecule has 0 unspecified atom stereocenters. The first-order valence-electron chi connectivity index (χ1n) is 8.25. The number of hydrogen-bond acceptors (Lipinski definition) is 2. The van der Waals surface area contributed by atoms with Gasteiger partial charge in [0, 0.05) is 24.3 Å². The van der Waals surface area contributed by atoms with Crippen LogP contribution in [0.4, 0.5) is 5.69 Å². The Bertz CT molecular complexity index is 433. The molecule has 1 aromatic rings. The fourth-order valence-corrected chi connectivity index (χ4v) is 2.52. The second kappa shape index (κ2) is 9.43. The van der Waals surface area contributed by atoms with E-state index in [9.17, 15) is 4.79 Å². The Hall–Kier alpha value is -1.51. The van der Waals surface area contributed by atoms with Crippen molar-refractivity contribution in [3.63, 3.8) is 0 Å². The van der Waals surface area contributed by atoms with Crippen molar-refractivity contribution in [2.75, 3.05) is 18.8 Å². The van der Waals surface area contributed by atoms with Gasteiger partial charge in [-0.05, 0) is 43.5 Å². The van der Waals surface area contributed by atoms with Gasteiger partial charge in [-0.3, -0.25) is 4.79 Å². The number of rotatable bonds is 9. The normalized spacial score (nSPS) is 10.6. The van der Waals surface area contributed by atoms with Crippen molar-refractivity contribution in [1.29, 1.82) is 0 Å². The Morgan fingerprint density at radius 2 is 1.62 bits per heavy atom. The van der Waals surface area contributed by atoms with E-state index in [0.717, 1.165) is 37.1 Å². The van der Waals surface area contributed by atoms with Gasteiger partial charge >= 0.3 is 0 Å². The first kappa shape index (κ1) is 17.5. The molecule has 118 valence electrons. The summed E-state index contributed by atoms with van der Waals surface area (Å²) in [6, 6.07) is 5.56. The van der Waals surface area contributed by atoms with E-state index in [-0.39, 0.29) is 5.91 Å². The minimum atomic E-state index is 0.153. The first-order chi connectivity index (χ1) is 10.1. The summed E-state index contributed by atoms with van der Waals surface area (Å²) in [5.74, 6) is 0.153. The smallest absolute Gasteiger partial charge is 0.254 e. The van der Waals surface area contributed by atoms with Crippen molar-refractivity contribution in [1.82, 2.24) is 4.90 Å². The zero-order chi connectivity index (χ0) is 15.7. The molecule has 0 saturated carbocycles. The van der Waals surface area contributed by atoms with E-state index in [4.69, 9.17) is 5.73 Å². The maximum Gasteiger partial charge on any atom is 0.254 e. The van der Waals surface area contributed by atoms with Gasteiger partial charge < -0.3 is 10.6 Å². The number of unbranched alkanes of at least 4 members (excludes halogenated alkanes) is 4. The van der Waals surface area contributed by atoms with Gasteiger partial charge in [0.2, 0.25) is 0 Å². The number of anilines is 1. The molecule has 2 N–H and O–H groups in total. The van der Waals surface area contributed by atoms with Crippen molar-refractivity contribution in [2.24, 2.45) is 0 Å². The molecule has 0 atom stereocenters. The van der Waals surface area contributed by atoms with E-state index < -0.39 is 0 Å². The third-order valence-corrected chi connectivity index (χ3v) is 3.83. The number of hydrogen-bond donors (Lipinski definition) is 1. The molecule has 1 rings (SSSR count). The van der Waals surface area contributed by atoms with Crippen molar-refractivity contribution in [3.05, 3.63) is 29.3 Å². The molecule has 0 saturated heterocycles. The lowest BCUT2D eigenvalue weighted by Crippen LogP contribution is -2.33. The number of benzene rings is 1. The van der Waals surface area contributed by atoms with Crippen LogP contribution in [-0.2, 0) is 0 Å². The standard InChI is InChI=1S/C18H30N2O/c1-4-6-8-12-20(13-9-7-5-2)18(21)17-11-10-16(19)14-15(17)3/h10-11,14H,4-9,12-13,19H2,1-3H3. The molecule has 1 aromatic carbocycles. The molecule has 0 bridgehead atoms. The predicted octanol–water partition coefficient (Wildman–Crippen LogP) is 4.40. The monoisotopic (exact) mass is 290 g/mol. The number of nitrogen functional groups attached to an aromatic ring is 1. The maximum atomic E-state index is 12.8. The van der Waals surface area contributed by atoms with E-state index in [1.807, 2.05) is 30.0 Å². The van der Waals surface area contributed by atoms with Crippen molar-refractivity contribution >= 4 is 11.6 Å². The summed E-state index contributed by atoms with van der Waals surface area (Å²) in [6.45, 7) is 8.06. The number of aryl methyl sites for hydroxylation is 1. The molecule has 3 nitrogen and oxygen atoms in total. The molecule has 1 amide bonds. The van der Waals surface area contributed by atoms with E-state index in [2.05, 4.69) is 13.8 Å². The molecule has 0 radical (unpaired) electrons. The average Bonchev–Trinajstić information content (AvgIpc) is 2.45. The lowest BCUT2D eigenvalue weighted by atomic mass is 10.1. The Morgan fingerprint density at radius 1 is 1.05 bits per heavy atom. The summed E-state index contributed by atoms with van der Waals surface area (Å²) in [7, 11) is 0. The molecule has 0 aliphatic heterocycles. The third kappa shape index (κ3) is 5.78. The topological polar surface area (TPSA) is 46.3 Å². The summed E-state index contributed by atoms with van der Waals surface area (Å²) >= 11 is 0. The van der Waals surface area contributed by atoms with Crippen LogP contribution in [0.2, 0.25) is 0 Å². The molecular formula is C18H30N2O. The van der Waals surface area contributed by atoms with Crippen LogP contribution in [-0.4, -0.2) is 23.9 Å². The van der Waals surface area contributed by atoms with E-state index in [1.165, 1.54) is 25.7 Å². The quantitative estimate of drug-likeness (QED) is 0.541. The fraction of sp³-hybridized carbons (Fsp3) is 0.611. The summed E-state index contributed by atoms with van der Waals surface area (Å²) in [5, 5.41) is 0. The van der Waals surface area contributed by atoms with Gasteiger partial charge in [-0.15, -0.1) is 0 Å². The largest absolute Gasteiger partial charge is 0.399 e. The van der Waals surface area contributed by atoms with Crippen LogP contribution in [0, 0.1) is 6.92 Å². The van der Waals surface area contributed by atoms with Crippen molar-refractivity contribution < 1.29 is 4.79 Å². The average molecular weight is 290 g/mol. The van der Waals surface area contributed by atoms with Gasteiger partial charge in [-0.1, -0.05) is 39.5 Å². The van der Waals surface area contributed by atoms with Gasteiger partial charge in [-0.2, -0.15) is 0 Å². The summed E-state index contributed by atoms with van der Waals surface area (Å²) < 4.78 is 0. The van der Waals surface area contributed by atoms with Crippen LogP contribution in [0.5, 0.6) is 0 Å². The van der Waals surface area contributed by atoms with E-state index in [1.54, 1.807) is 0 Å². The highest BCUT2D eigenvalue weighted by Crippen LogP contribution is 2.16. The van der Waals surface area contributed by atoms with Gasteiger partial charge in [0.05, 0.1) is 0 Å². The van der Waals surface area contributed by atoms with Crippen LogP contribution in [0.25, 0.3) is 0 Å². The molecule has 0 aliphatic rings. The molecule has 0 spiro atoms. The van der Waals surface area contributed by atoms with Crippen molar-refractivity contribution in [2.45, 2.75) is 59.3 Å². The molecule has 21 heavy (non-hydrogen) atoms. The summed E-state index contributed by atoms with van der Waals surface area (Å²) in [6.07, 6.45) is 6.89. The van der Waals surface area contributed by atoms with Crippen molar-refractivity contribution in [3.8, 4) is 0 Å². The van der Waals surface area contributed by atoms with Gasteiger partial charge in [0.1, 0.15) is 0 Å². The Morgan fingerprint density at radius 3 is 2.10 bits per heavy atom. The molecule has 0 fully saturated rings. The Balaban J connectivity index is 2.76. The number of carbonyl (C=O) groups is 1. The van der Waals surface area contributed by atoms with Crippen LogP contribution in [0.1, 0.15) is 68.3 Å². The highest BCUT2D eigenvalue weighted by atomic mass is 16.2. The maximum absolute atomic E-state index is 12.8. The SMILES string of the molecule is CCCCCN(CCCCC)C(=O)c1ccc(N)cc1C. The third-order valence-electron chi connectivity index (χ3n) is 3.83. The Labute approximate surface area is 129 Å². The number of carbonyl (C=O) groups excluding carboxylic acids is 1. The highest BCUT2D eigenvalue weighted by molar-refractivity contribution is 5.96. The minimum absolute atomic E-state index is 0.153. The van der Waals surface area contributed by atoms with E-state index >= 15 is 0 Å². The van der Waals surface area contributed by atoms with Gasteiger partial charge in [0.15, 0.2) is 0 Å². The highest BCUT2D eigenvalue weighted by Gasteiger charge is 2.16. The van der Waals surface area contributed by atoms with Gasteiger partial charge in [-0.25, -0.2) is 0 Å². The summed E-state index contributed by atoms with van der Waals surface area (Å²) in [4.78, 5) is 14.8. The first-order valence-corrected chi connectivity index (χ1v) is 8.25. The zero-order valence-corrected chi connectivity index (χ0v) is 13.8. The van der Waals surface area contributed by atoms with Crippen LogP contribution >= 0.6 is 0 Å². The lowest BCUT2D eigenvalue weighted by Gasteiger charge is -2.23. The molecule has 0 heterocycles. The molecule has 0 aliphatic carbocycles. The molecule has 0 aromatic heterocycles. The number of nitrogens with zero attached hydrogens (tertiary/aromatic N) is 1. The molecular weight excluding hydrogens is 260 g/mol. The number of nitrogens with two attached hydrogens (primary N) is 1. The van der Waals surface area contributed by atoms with E-state index in [0.29, 0.717) is 5.69 Å². The second-order valence-corrected chi connectivity index (χ2v) is 5.78. The van der Waals surface area contributed by atoms with Crippen LogP contribution < -0.4 is 5.73 Å². The minimum Gasteiger partial charge on any atom is -0.399 e. The van der Waals surface area contributed by atoms with Crippen LogP contribution in [0.3, 0.4) is 0 Å². The Kier molecular flexibility index (Phi) is 7.88. The van der Waals surface area contributed by atoms with Crippen LogP contribution in [0.15, 0.2) is 18.2 Å². The van der Waals surface area contributed by atoms with Gasteiger partial charge in [0.25, 0.3) is 5.91 Å². The predicted molar refractivity (Wildman–Crippen MR) is 90.5 cm³/mol. The number of amides is 1. The fourth-order valence-electron chi connectivity index (χ4n) is 2.52. The lowest BCUT2D eigenvalue weighted by molar-refractivity contribution is 0.0749. The second-order valence-electron chi connectivity index (χ2n) is 5.78. The molecule has 3 heteroatoms.